The van der Waals surface area contributed by atoms with Crippen LogP contribution in [0, 0.1) is 6.92 Å². The third-order valence-corrected chi connectivity index (χ3v) is 5.09. The number of amides is 1. The number of carbonyl (C=O) groups is 1. The number of carbonyl (C=O) groups excluding carboxylic acids is 1. The van der Waals surface area contributed by atoms with Gasteiger partial charge in [-0.25, -0.2) is 4.68 Å². The van der Waals surface area contributed by atoms with Crippen molar-refractivity contribution in [3.63, 3.8) is 0 Å². The highest BCUT2D eigenvalue weighted by atomic mass is 79.9. The minimum atomic E-state index is -0.286. The Morgan fingerprint density at radius 3 is 2.52 bits per heavy atom. The van der Waals surface area contributed by atoms with Crippen LogP contribution in [0.2, 0.25) is 0 Å². The normalized spacial score (nSPS) is 15.9. The molecule has 27 heavy (non-hydrogen) atoms. The Morgan fingerprint density at radius 2 is 1.81 bits per heavy atom. The number of halogens is 1. The van der Waals surface area contributed by atoms with E-state index in [1.807, 2.05) is 79.2 Å². The number of hydrogen-bond donors (Lipinski definition) is 2. The van der Waals surface area contributed by atoms with Gasteiger partial charge in [0.15, 0.2) is 0 Å². The maximum atomic E-state index is 13.2. The molecule has 1 atom stereocenters. The Morgan fingerprint density at radius 1 is 1.11 bits per heavy atom. The van der Waals surface area contributed by atoms with Crippen molar-refractivity contribution in [3.8, 4) is 0 Å². The molecule has 1 aliphatic rings. The van der Waals surface area contributed by atoms with Gasteiger partial charge >= 0.3 is 0 Å². The summed E-state index contributed by atoms with van der Waals surface area (Å²) in [4.78, 5) is 13.2. The second kappa shape index (κ2) is 7.04. The molecule has 0 saturated carbocycles. The van der Waals surface area contributed by atoms with E-state index in [4.69, 9.17) is 0 Å². The first-order chi connectivity index (χ1) is 13.0. The molecule has 0 bridgehead atoms. The SMILES string of the molecule is CC1=C(C(=O)Nc2ccc(Br)cc2)[C@H](c2ccccc2)n2nc(C)cc2N1. The predicted octanol–water partition coefficient (Wildman–Crippen LogP) is 4.88. The molecule has 3 aromatic rings. The summed E-state index contributed by atoms with van der Waals surface area (Å²) < 4.78 is 2.85. The number of fused-ring (bicyclic) bond motifs is 1. The second-order valence-electron chi connectivity index (χ2n) is 6.55. The van der Waals surface area contributed by atoms with Gasteiger partial charge in [-0.05, 0) is 43.7 Å². The third kappa shape index (κ3) is 3.40. The molecule has 4 rings (SSSR count). The van der Waals surface area contributed by atoms with E-state index in [2.05, 4.69) is 31.7 Å². The molecular formula is C21H19BrN4O. The fraction of sp³-hybridized carbons (Fsp3) is 0.143. The van der Waals surface area contributed by atoms with Crippen molar-refractivity contribution in [3.05, 3.63) is 87.7 Å². The highest BCUT2D eigenvalue weighted by molar-refractivity contribution is 9.10. The highest BCUT2D eigenvalue weighted by Gasteiger charge is 2.33. The summed E-state index contributed by atoms with van der Waals surface area (Å²) in [7, 11) is 0. The molecule has 0 radical (unpaired) electrons. The van der Waals surface area contributed by atoms with E-state index in [0.29, 0.717) is 5.57 Å². The fourth-order valence-corrected chi connectivity index (χ4v) is 3.63. The van der Waals surface area contributed by atoms with Crippen molar-refractivity contribution in [1.29, 1.82) is 0 Å². The second-order valence-corrected chi connectivity index (χ2v) is 7.47. The summed E-state index contributed by atoms with van der Waals surface area (Å²) in [6.07, 6.45) is 0. The lowest BCUT2D eigenvalue weighted by Gasteiger charge is -2.29. The van der Waals surface area contributed by atoms with Crippen molar-refractivity contribution in [2.75, 3.05) is 10.6 Å². The van der Waals surface area contributed by atoms with Gasteiger partial charge in [0.05, 0.1) is 11.3 Å². The summed E-state index contributed by atoms with van der Waals surface area (Å²) in [6.45, 7) is 3.88. The van der Waals surface area contributed by atoms with Crippen LogP contribution < -0.4 is 10.6 Å². The maximum absolute atomic E-state index is 13.2. The Balaban J connectivity index is 1.76. The van der Waals surface area contributed by atoms with Gasteiger partial charge in [-0.3, -0.25) is 4.79 Å². The van der Waals surface area contributed by atoms with Crippen molar-refractivity contribution in [1.82, 2.24) is 9.78 Å². The molecule has 2 N–H and O–H groups in total. The van der Waals surface area contributed by atoms with E-state index in [1.165, 1.54) is 0 Å². The third-order valence-electron chi connectivity index (χ3n) is 4.56. The Hall–Kier alpha value is -2.86. The molecule has 1 aromatic heterocycles. The van der Waals surface area contributed by atoms with Crippen molar-refractivity contribution in [2.24, 2.45) is 0 Å². The van der Waals surface area contributed by atoms with Crippen LogP contribution in [0.1, 0.15) is 24.2 Å². The number of aromatic nitrogens is 2. The number of nitrogens with zero attached hydrogens (tertiary/aromatic N) is 2. The lowest BCUT2D eigenvalue weighted by Crippen LogP contribution is -2.31. The van der Waals surface area contributed by atoms with Gasteiger partial charge in [-0.2, -0.15) is 5.10 Å². The average Bonchev–Trinajstić information content (AvgIpc) is 3.02. The zero-order valence-corrected chi connectivity index (χ0v) is 16.6. The number of benzene rings is 2. The van der Waals surface area contributed by atoms with Gasteiger partial charge in [0.1, 0.15) is 11.9 Å². The molecule has 136 valence electrons. The van der Waals surface area contributed by atoms with Crippen LogP contribution >= 0.6 is 15.9 Å². The van der Waals surface area contributed by atoms with E-state index < -0.39 is 0 Å². The zero-order chi connectivity index (χ0) is 19.0. The maximum Gasteiger partial charge on any atom is 0.255 e. The summed E-state index contributed by atoms with van der Waals surface area (Å²) in [5, 5.41) is 11.0. The van der Waals surface area contributed by atoms with Gasteiger partial charge in [-0.15, -0.1) is 0 Å². The molecule has 0 fully saturated rings. The van der Waals surface area contributed by atoms with Gasteiger partial charge in [-0.1, -0.05) is 46.3 Å². The molecule has 2 aromatic carbocycles. The van der Waals surface area contributed by atoms with Crippen LogP contribution in [0.5, 0.6) is 0 Å². The van der Waals surface area contributed by atoms with Crippen LogP contribution in [0.4, 0.5) is 11.5 Å². The Bertz CT molecular complexity index is 1020. The molecule has 6 heteroatoms. The zero-order valence-electron chi connectivity index (χ0n) is 15.0. The predicted molar refractivity (Wildman–Crippen MR) is 111 cm³/mol. The lowest BCUT2D eigenvalue weighted by molar-refractivity contribution is -0.113. The average molecular weight is 423 g/mol. The summed E-state index contributed by atoms with van der Waals surface area (Å²) in [6, 6.07) is 19.2. The molecule has 2 heterocycles. The lowest BCUT2D eigenvalue weighted by atomic mass is 9.95. The summed E-state index contributed by atoms with van der Waals surface area (Å²) >= 11 is 3.41. The molecule has 0 saturated heterocycles. The summed E-state index contributed by atoms with van der Waals surface area (Å²) in [5.74, 6) is 0.744. The number of anilines is 2. The number of allylic oxidation sites excluding steroid dienone is 1. The van der Waals surface area contributed by atoms with Gasteiger partial charge in [0, 0.05) is 21.9 Å². The molecule has 0 aliphatic carbocycles. The molecule has 0 unspecified atom stereocenters. The van der Waals surface area contributed by atoms with Crippen LogP contribution in [-0.2, 0) is 4.79 Å². The molecular weight excluding hydrogens is 404 g/mol. The monoisotopic (exact) mass is 422 g/mol. The van der Waals surface area contributed by atoms with Gasteiger partial charge in [0.2, 0.25) is 0 Å². The Labute approximate surface area is 166 Å². The first kappa shape index (κ1) is 17.5. The number of aryl methyl sites for hydroxylation is 1. The molecule has 1 aliphatic heterocycles. The van der Waals surface area contributed by atoms with Crippen LogP contribution in [0.3, 0.4) is 0 Å². The first-order valence-electron chi connectivity index (χ1n) is 8.69. The minimum absolute atomic E-state index is 0.144. The first-order valence-corrected chi connectivity index (χ1v) is 9.48. The smallest absolute Gasteiger partial charge is 0.255 e. The number of rotatable bonds is 3. The van der Waals surface area contributed by atoms with E-state index >= 15 is 0 Å². The molecule has 5 nitrogen and oxygen atoms in total. The fourth-order valence-electron chi connectivity index (χ4n) is 3.36. The van der Waals surface area contributed by atoms with E-state index in [0.717, 1.165) is 32.9 Å². The van der Waals surface area contributed by atoms with Crippen LogP contribution in [0.25, 0.3) is 0 Å². The van der Waals surface area contributed by atoms with Crippen molar-refractivity contribution in [2.45, 2.75) is 19.9 Å². The van der Waals surface area contributed by atoms with Crippen LogP contribution in [-0.4, -0.2) is 15.7 Å². The van der Waals surface area contributed by atoms with Gasteiger partial charge < -0.3 is 10.6 Å². The van der Waals surface area contributed by atoms with Crippen molar-refractivity contribution < 1.29 is 4.79 Å². The van der Waals surface area contributed by atoms with E-state index in [9.17, 15) is 4.79 Å². The van der Waals surface area contributed by atoms with E-state index in [-0.39, 0.29) is 11.9 Å². The molecule has 0 spiro atoms. The minimum Gasteiger partial charge on any atom is -0.344 e. The number of hydrogen-bond acceptors (Lipinski definition) is 3. The van der Waals surface area contributed by atoms with Crippen molar-refractivity contribution >= 4 is 33.3 Å². The number of nitrogens with one attached hydrogen (secondary N) is 2. The quantitative estimate of drug-likeness (QED) is 0.631. The van der Waals surface area contributed by atoms with Gasteiger partial charge in [0.25, 0.3) is 5.91 Å². The largest absolute Gasteiger partial charge is 0.344 e. The Kier molecular flexibility index (Phi) is 4.58. The highest BCUT2D eigenvalue weighted by Crippen LogP contribution is 2.36. The van der Waals surface area contributed by atoms with Crippen LogP contribution in [0.15, 0.2) is 76.4 Å². The standard InChI is InChI=1S/C21H19BrN4O/c1-13-12-18-23-14(2)19(21(27)24-17-10-8-16(22)9-11-17)20(26(18)25-13)15-6-4-3-5-7-15/h3-12,20,23H,1-2H3,(H,24,27)/t20-/m0/s1. The van der Waals surface area contributed by atoms with E-state index in [1.54, 1.807) is 0 Å². The molecule has 1 amide bonds. The topological polar surface area (TPSA) is 59.0 Å². The summed E-state index contributed by atoms with van der Waals surface area (Å²) in [5.41, 5.74) is 4.15.